The van der Waals surface area contributed by atoms with Crippen molar-refractivity contribution in [1.29, 1.82) is 0 Å². The number of rotatable bonds is 2. The highest BCUT2D eigenvalue weighted by Crippen LogP contribution is 2.38. The molecule has 1 aliphatic carbocycles. The summed E-state index contributed by atoms with van der Waals surface area (Å²) in [5, 5.41) is 0. The molecule has 12 heavy (non-hydrogen) atoms. The van der Waals surface area contributed by atoms with Gasteiger partial charge in [-0.2, -0.15) is 0 Å². The van der Waals surface area contributed by atoms with Crippen LogP contribution in [0, 0.1) is 0 Å². The predicted molar refractivity (Wildman–Crippen MR) is 42.2 cm³/mol. The van der Waals surface area contributed by atoms with Crippen LogP contribution in [-0.2, 0) is 0 Å². The minimum Gasteiger partial charge on any atom is -0.304 e. The second-order valence-corrected chi connectivity index (χ2v) is 2.95. The molecule has 4 heteroatoms. The second-order valence-electron chi connectivity index (χ2n) is 2.95. The highest BCUT2D eigenvalue weighted by atomic mass is 16.1. The molecule has 0 atom stereocenters. The maximum atomic E-state index is 10.9. The van der Waals surface area contributed by atoms with Gasteiger partial charge in [-0.05, 0) is 12.8 Å². The molecule has 0 unspecified atom stereocenters. The predicted octanol–water partition coefficient (Wildman–Crippen LogP) is 0.460. The van der Waals surface area contributed by atoms with E-state index in [1.165, 1.54) is 6.07 Å². The van der Waals surface area contributed by atoms with Crippen molar-refractivity contribution >= 4 is 6.29 Å². The normalized spacial score (nSPS) is 16.0. The average molecular weight is 164 g/mol. The summed E-state index contributed by atoms with van der Waals surface area (Å²) in [4.78, 5) is 27.6. The minimum atomic E-state index is -0.242. The van der Waals surface area contributed by atoms with Crippen LogP contribution in [0.15, 0.2) is 10.9 Å². The zero-order valence-corrected chi connectivity index (χ0v) is 6.41. The third-order valence-corrected chi connectivity index (χ3v) is 1.89. The first kappa shape index (κ1) is 7.21. The van der Waals surface area contributed by atoms with E-state index in [1.54, 1.807) is 0 Å². The first-order valence-corrected chi connectivity index (χ1v) is 3.86. The lowest BCUT2D eigenvalue weighted by atomic mass is 10.3. The van der Waals surface area contributed by atoms with Gasteiger partial charge in [-0.1, -0.05) is 0 Å². The van der Waals surface area contributed by atoms with E-state index in [1.807, 2.05) is 0 Å². The number of aromatic nitrogens is 2. The number of nitrogens with zero attached hydrogens (tertiary/aromatic N) is 1. The van der Waals surface area contributed by atoms with E-state index in [0.29, 0.717) is 12.2 Å². The Hall–Kier alpha value is -1.45. The molecule has 1 fully saturated rings. The first-order valence-electron chi connectivity index (χ1n) is 3.86. The Morgan fingerprint density at radius 3 is 2.92 bits per heavy atom. The maximum Gasteiger partial charge on any atom is 0.251 e. The Morgan fingerprint density at radius 1 is 1.58 bits per heavy atom. The van der Waals surface area contributed by atoms with Gasteiger partial charge >= 0.3 is 0 Å². The van der Waals surface area contributed by atoms with Crippen molar-refractivity contribution in [3.05, 3.63) is 27.9 Å². The zero-order chi connectivity index (χ0) is 8.55. The first-order chi connectivity index (χ1) is 5.79. The molecule has 0 spiro atoms. The third-order valence-electron chi connectivity index (χ3n) is 1.89. The van der Waals surface area contributed by atoms with E-state index in [-0.39, 0.29) is 11.4 Å². The molecule has 1 heterocycles. The summed E-state index contributed by atoms with van der Waals surface area (Å²) in [5.74, 6) is 0.537. The molecule has 2 rings (SSSR count). The molecule has 1 aliphatic rings. The van der Waals surface area contributed by atoms with Crippen LogP contribution in [0.3, 0.4) is 0 Å². The zero-order valence-electron chi connectivity index (χ0n) is 6.41. The van der Waals surface area contributed by atoms with Crippen LogP contribution in [0.2, 0.25) is 0 Å². The quantitative estimate of drug-likeness (QED) is 0.646. The molecule has 62 valence electrons. The van der Waals surface area contributed by atoms with Gasteiger partial charge < -0.3 is 4.98 Å². The number of carbonyl (C=O) groups excluding carboxylic acids is 1. The molecule has 1 aromatic heterocycles. The van der Waals surface area contributed by atoms with Crippen molar-refractivity contribution < 1.29 is 4.79 Å². The SMILES string of the molecule is O=Cc1nc(C2CC2)cc(=O)[nH]1. The van der Waals surface area contributed by atoms with Crippen molar-refractivity contribution in [3.63, 3.8) is 0 Å². The number of aldehydes is 1. The van der Waals surface area contributed by atoms with E-state index < -0.39 is 0 Å². The van der Waals surface area contributed by atoms with Gasteiger partial charge in [0.1, 0.15) is 0 Å². The molecule has 0 saturated heterocycles. The fourth-order valence-corrected chi connectivity index (χ4v) is 1.14. The summed E-state index contributed by atoms with van der Waals surface area (Å²) in [6.45, 7) is 0. The summed E-state index contributed by atoms with van der Waals surface area (Å²) >= 11 is 0. The molecule has 1 aromatic rings. The molecule has 0 amide bonds. The fourth-order valence-electron chi connectivity index (χ4n) is 1.14. The smallest absolute Gasteiger partial charge is 0.251 e. The van der Waals surface area contributed by atoms with Gasteiger partial charge in [-0.25, -0.2) is 4.98 Å². The summed E-state index contributed by atoms with van der Waals surface area (Å²) in [6, 6.07) is 1.46. The number of hydrogen-bond acceptors (Lipinski definition) is 3. The topological polar surface area (TPSA) is 62.8 Å². The summed E-state index contributed by atoms with van der Waals surface area (Å²) in [7, 11) is 0. The monoisotopic (exact) mass is 164 g/mol. The fraction of sp³-hybridized carbons (Fsp3) is 0.375. The second kappa shape index (κ2) is 2.55. The highest BCUT2D eigenvalue weighted by molar-refractivity contribution is 5.68. The van der Waals surface area contributed by atoms with Crippen molar-refractivity contribution in [2.24, 2.45) is 0 Å². The molecule has 4 nitrogen and oxygen atoms in total. The van der Waals surface area contributed by atoms with Crippen molar-refractivity contribution in [3.8, 4) is 0 Å². The lowest BCUT2D eigenvalue weighted by Crippen LogP contribution is -2.11. The molecule has 0 aliphatic heterocycles. The van der Waals surface area contributed by atoms with Gasteiger partial charge in [0.15, 0.2) is 12.1 Å². The number of aromatic amines is 1. The molecule has 0 radical (unpaired) electrons. The summed E-state index contributed by atoms with van der Waals surface area (Å²) < 4.78 is 0. The van der Waals surface area contributed by atoms with E-state index in [0.717, 1.165) is 18.5 Å². The van der Waals surface area contributed by atoms with Crippen molar-refractivity contribution in [2.75, 3.05) is 0 Å². The Balaban J connectivity index is 2.47. The van der Waals surface area contributed by atoms with Gasteiger partial charge in [0, 0.05) is 12.0 Å². The highest BCUT2D eigenvalue weighted by Gasteiger charge is 2.25. The van der Waals surface area contributed by atoms with Crippen LogP contribution in [0.5, 0.6) is 0 Å². The van der Waals surface area contributed by atoms with Crippen molar-refractivity contribution in [2.45, 2.75) is 18.8 Å². The minimum absolute atomic E-state index is 0.129. The molecule has 0 aromatic carbocycles. The Morgan fingerprint density at radius 2 is 2.33 bits per heavy atom. The molecule has 1 saturated carbocycles. The van der Waals surface area contributed by atoms with Gasteiger partial charge in [0.05, 0.1) is 5.69 Å². The molecular formula is C8H8N2O2. The number of H-pyrrole nitrogens is 1. The van der Waals surface area contributed by atoms with Gasteiger partial charge in [0.25, 0.3) is 5.56 Å². The number of nitrogens with one attached hydrogen (secondary N) is 1. The number of hydrogen-bond donors (Lipinski definition) is 1. The number of carbonyl (C=O) groups is 1. The standard InChI is InChI=1S/C8H8N2O2/c11-4-7-9-6(5-1-2-5)3-8(12)10-7/h3-5H,1-2H2,(H,9,10,12). The Kier molecular flexibility index (Phi) is 1.53. The van der Waals surface area contributed by atoms with Crippen molar-refractivity contribution in [1.82, 2.24) is 9.97 Å². The largest absolute Gasteiger partial charge is 0.304 e. The molecular weight excluding hydrogens is 156 g/mol. The van der Waals surface area contributed by atoms with Gasteiger partial charge in [-0.3, -0.25) is 9.59 Å². The van der Waals surface area contributed by atoms with E-state index in [9.17, 15) is 9.59 Å². The van der Waals surface area contributed by atoms with Crippen LogP contribution in [0.4, 0.5) is 0 Å². The van der Waals surface area contributed by atoms with Gasteiger partial charge in [-0.15, -0.1) is 0 Å². The van der Waals surface area contributed by atoms with E-state index >= 15 is 0 Å². The Labute approximate surface area is 68.6 Å². The van der Waals surface area contributed by atoms with E-state index in [4.69, 9.17) is 0 Å². The Bertz CT molecular complexity index is 366. The third kappa shape index (κ3) is 1.28. The van der Waals surface area contributed by atoms with Crippen LogP contribution < -0.4 is 5.56 Å². The van der Waals surface area contributed by atoms with Gasteiger partial charge in [0.2, 0.25) is 0 Å². The average Bonchev–Trinajstić information content (AvgIpc) is 2.85. The van der Waals surface area contributed by atoms with Crippen LogP contribution in [0.1, 0.15) is 35.1 Å². The molecule has 1 N–H and O–H groups in total. The molecule has 0 bridgehead atoms. The maximum absolute atomic E-state index is 10.9. The van der Waals surface area contributed by atoms with E-state index in [2.05, 4.69) is 9.97 Å². The summed E-state index contributed by atoms with van der Waals surface area (Å²) in [5.41, 5.74) is 0.509. The lowest BCUT2D eigenvalue weighted by Gasteiger charge is -1.95. The van der Waals surface area contributed by atoms with Crippen LogP contribution in [-0.4, -0.2) is 16.3 Å². The van der Waals surface area contributed by atoms with Crippen LogP contribution >= 0.6 is 0 Å². The lowest BCUT2D eigenvalue weighted by molar-refractivity contribution is 0.111. The summed E-state index contributed by atoms with van der Waals surface area (Å²) in [6.07, 6.45) is 2.72. The van der Waals surface area contributed by atoms with Crippen LogP contribution in [0.25, 0.3) is 0 Å².